The third kappa shape index (κ3) is 6.02. The molecular weight excluding hydrogens is 438 g/mol. The summed E-state index contributed by atoms with van der Waals surface area (Å²) < 4.78 is 33.3. The molecule has 0 bridgehead atoms. The molecule has 33 heavy (non-hydrogen) atoms. The van der Waals surface area contributed by atoms with Crippen molar-refractivity contribution in [3.05, 3.63) is 83.9 Å². The summed E-state index contributed by atoms with van der Waals surface area (Å²) in [6.07, 6.45) is 5.36. The first-order valence-electron chi connectivity index (χ1n) is 9.88. The number of hydrogen-bond donors (Lipinski definition) is 2. The van der Waals surface area contributed by atoms with E-state index in [1.54, 1.807) is 55.6 Å². The number of rotatable bonds is 7. The smallest absolute Gasteiger partial charge is 0.322 e. The number of hydrogen-bond acceptors (Lipinski definition) is 4. The predicted molar refractivity (Wildman–Crippen MR) is 126 cm³/mol. The molecule has 0 aromatic heterocycles. The van der Waals surface area contributed by atoms with Gasteiger partial charge in [-0.2, -0.15) is 4.72 Å². The molecule has 1 atom stereocenters. The molecule has 1 unspecified atom stereocenters. The molecule has 3 aromatic rings. The minimum atomic E-state index is -4.21. The summed E-state index contributed by atoms with van der Waals surface area (Å²) in [5, 5.41) is 9.50. The van der Waals surface area contributed by atoms with Crippen molar-refractivity contribution < 1.29 is 23.1 Å². The van der Waals surface area contributed by atoms with Gasteiger partial charge in [0.05, 0.1) is 12.0 Å². The Hall–Kier alpha value is -4.04. The number of carboxylic acids is 1. The predicted octanol–water partition coefficient (Wildman–Crippen LogP) is 3.52. The van der Waals surface area contributed by atoms with Gasteiger partial charge >= 0.3 is 5.97 Å². The molecule has 166 valence electrons. The lowest BCUT2D eigenvalue weighted by molar-refractivity contribution is -0.138. The molecule has 0 amide bonds. The van der Waals surface area contributed by atoms with Gasteiger partial charge in [-0.05, 0) is 47.5 Å². The van der Waals surface area contributed by atoms with Gasteiger partial charge in [0, 0.05) is 17.5 Å². The van der Waals surface area contributed by atoms with E-state index in [0.717, 1.165) is 5.56 Å². The van der Waals surface area contributed by atoms with E-state index in [1.807, 2.05) is 18.2 Å². The highest BCUT2D eigenvalue weighted by Gasteiger charge is 2.26. The maximum Gasteiger partial charge on any atom is 0.322 e. The number of carbonyl (C=O) groups is 1. The minimum Gasteiger partial charge on any atom is -0.497 e. The zero-order valence-electron chi connectivity index (χ0n) is 17.8. The van der Waals surface area contributed by atoms with Gasteiger partial charge in [0.2, 0.25) is 10.0 Å². The van der Waals surface area contributed by atoms with Crippen LogP contribution in [0.1, 0.15) is 17.5 Å². The largest absolute Gasteiger partial charge is 0.497 e. The van der Waals surface area contributed by atoms with E-state index in [1.165, 1.54) is 6.07 Å². The fourth-order valence-corrected chi connectivity index (χ4v) is 4.39. The molecule has 0 aliphatic heterocycles. The van der Waals surface area contributed by atoms with Crippen molar-refractivity contribution >= 4 is 16.0 Å². The van der Waals surface area contributed by atoms with E-state index in [0.29, 0.717) is 16.9 Å². The summed E-state index contributed by atoms with van der Waals surface area (Å²) in [6.45, 7) is 0. The molecule has 3 rings (SSSR count). The van der Waals surface area contributed by atoms with Crippen LogP contribution in [-0.2, 0) is 14.8 Å². The second-order valence-electron chi connectivity index (χ2n) is 6.97. The van der Waals surface area contributed by atoms with Gasteiger partial charge in [0.1, 0.15) is 11.8 Å². The zero-order chi connectivity index (χ0) is 23.8. The molecular formula is C26H21NO5S. The van der Waals surface area contributed by atoms with Crippen molar-refractivity contribution in [3.63, 3.8) is 0 Å². The Morgan fingerprint density at radius 1 is 1.06 bits per heavy atom. The quantitative estimate of drug-likeness (QED) is 0.528. The maximum atomic E-state index is 13.0. The highest BCUT2D eigenvalue weighted by Crippen LogP contribution is 2.26. The molecule has 0 saturated carbocycles. The molecule has 0 aliphatic carbocycles. The first-order valence-corrected chi connectivity index (χ1v) is 11.4. The third-order valence-electron chi connectivity index (χ3n) is 4.76. The topological polar surface area (TPSA) is 92.7 Å². The van der Waals surface area contributed by atoms with E-state index in [4.69, 9.17) is 11.2 Å². The lowest BCUT2D eigenvalue weighted by Gasteiger charge is -2.14. The Morgan fingerprint density at radius 2 is 1.73 bits per heavy atom. The Balaban J connectivity index is 1.84. The standard InChI is InChI=1S/C26H21NO5S/c1-3-20-18-22(21-12-15-23(32-2)16-13-21)14-17-25(20)33(30,31)27-24(26(28)29)11-7-10-19-8-5-4-6-9-19/h1,4-6,8-9,12-18,24,27H,11H2,2H3,(H,28,29). The Morgan fingerprint density at radius 3 is 2.33 bits per heavy atom. The van der Waals surface area contributed by atoms with Crippen LogP contribution in [0.2, 0.25) is 0 Å². The van der Waals surface area contributed by atoms with E-state index >= 15 is 0 Å². The van der Waals surface area contributed by atoms with Gasteiger partial charge in [0.15, 0.2) is 0 Å². The molecule has 3 aromatic carbocycles. The number of carboxylic acid groups (broad SMARTS) is 1. The number of benzene rings is 3. The Bertz CT molecular complexity index is 1350. The summed E-state index contributed by atoms with van der Waals surface area (Å²) in [6, 6.07) is 19.3. The van der Waals surface area contributed by atoms with Crippen LogP contribution in [0.5, 0.6) is 5.75 Å². The fourth-order valence-electron chi connectivity index (χ4n) is 3.05. The van der Waals surface area contributed by atoms with Crippen LogP contribution in [0.4, 0.5) is 0 Å². The van der Waals surface area contributed by atoms with E-state index in [2.05, 4.69) is 22.5 Å². The fraction of sp³-hybridized carbons (Fsp3) is 0.115. The second kappa shape index (κ2) is 10.5. The van der Waals surface area contributed by atoms with Gasteiger partial charge in [-0.15, -0.1) is 6.42 Å². The van der Waals surface area contributed by atoms with Crippen LogP contribution in [-0.4, -0.2) is 32.6 Å². The van der Waals surface area contributed by atoms with Crippen LogP contribution < -0.4 is 9.46 Å². The summed E-state index contributed by atoms with van der Waals surface area (Å²) in [5.74, 6) is 7.28. The molecule has 0 spiro atoms. The Kier molecular flexibility index (Phi) is 7.53. The van der Waals surface area contributed by atoms with Gasteiger partial charge in [-0.1, -0.05) is 54.2 Å². The number of aliphatic carboxylic acids is 1. The molecule has 0 heterocycles. The van der Waals surface area contributed by atoms with Crippen molar-refractivity contribution in [3.8, 4) is 41.1 Å². The normalized spacial score (nSPS) is 11.5. The van der Waals surface area contributed by atoms with E-state index < -0.39 is 22.0 Å². The zero-order valence-corrected chi connectivity index (χ0v) is 18.6. The van der Waals surface area contributed by atoms with Gasteiger partial charge < -0.3 is 9.84 Å². The highest BCUT2D eigenvalue weighted by atomic mass is 32.2. The number of nitrogens with one attached hydrogen (secondary N) is 1. The molecule has 0 saturated heterocycles. The first-order chi connectivity index (χ1) is 15.8. The molecule has 2 N–H and O–H groups in total. The second-order valence-corrected chi connectivity index (χ2v) is 8.65. The Labute approximate surface area is 193 Å². The van der Waals surface area contributed by atoms with Crippen LogP contribution in [0.15, 0.2) is 77.7 Å². The monoisotopic (exact) mass is 459 g/mol. The maximum absolute atomic E-state index is 13.0. The van der Waals surface area contributed by atoms with E-state index in [9.17, 15) is 18.3 Å². The van der Waals surface area contributed by atoms with Crippen LogP contribution >= 0.6 is 0 Å². The van der Waals surface area contributed by atoms with Crippen molar-refractivity contribution in [1.82, 2.24) is 4.72 Å². The average Bonchev–Trinajstić information content (AvgIpc) is 2.83. The minimum absolute atomic E-state index is 0.121. The SMILES string of the molecule is C#Cc1cc(-c2ccc(OC)cc2)ccc1S(=O)(=O)NC(CC#Cc1ccccc1)C(=O)O. The first kappa shape index (κ1) is 23.6. The summed E-state index contributed by atoms with van der Waals surface area (Å²) >= 11 is 0. The molecule has 0 radical (unpaired) electrons. The summed E-state index contributed by atoms with van der Waals surface area (Å²) in [5.41, 5.74) is 2.36. The average molecular weight is 460 g/mol. The van der Waals surface area contributed by atoms with Crippen LogP contribution in [0.25, 0.3) is 11.1 Å². The third-order valence-corrected chi connectivity index (χ3v) is 6.29. The van der Waals surface area contributed by atoms with Crippen LogP contribution in [0.3, 0.4) is 0 Å². The van der Waals surface area contributed by atoms with Crippen molar-refractivity contribution in [1.29, 1.82) is 0 Å². The number of methoxy groups -OCH3 is 1. The van der Waals surface area contributed by atoms with Gasteiger partial charge in [-0.25, -0.2) is 8.42 Å². The molecule has 0 aliphatic rings. The van der Waals surface area contributed by atoms with Gasteiger partial charge in [-0.3, -0.25) is 4.79 Å². The number of terminal acetylenes is 1. The molecule has 0 fully saturated rings. The lowest BCUT2D eigenvalue weighted by atomic mass is 10.0. The highest BCUT2D eigenvalue weighted by molar-refractivity contribution is 7.89. The van der Waals surface area contributed by atoms with Crippen molar-refractivity contribution in [2.75, 3.05) is 7.11 Å². The lowest BCUT2D eigenvalue weighted by Crippen LogP contribution is -2.40. The van der Waals surface area contributed by atoms with Crippen LogP contribution in [0, 0.1) is 24.2 Å². The van der Waals surface area contributed by atoms with Gasteiger partial charge in [0.25, 0.3) is 0 Å². The summed E-state index contributed by atoms with van der Waals surface area (Å²) in [7, 11) is -2.65. The summed E-state index contributed by atoms with van der Waals surface area (Å²) in [4.78, 5) is 11.5. The number of sulfonamides is 1. The van der Waals surface area contributed by atoms with Crippen molar-refractivity contribution in [2.45, 2.75) is 17.4 Å². The number of ether oxygens (including phenoxy) is 1. The molecule has 7 heteroatoms. The molecule has 6 nitrogen and oxygen atoms in total. The van der Waals surface area contributed by atoms with Crippen molar-refractivity contribution in [2.24, 2.45) is 0 Å². The van der Waals surface area contributed by atoms with E-state index in [-0.39, 0.29) is 16.9 Å².